The van der Waals surface area contributed by atoms with Gasteiger partial charge in [-0.3, -0.25) is 14.5 Å². The Morgan fingerprint density at radius 1 is 1.12 bits per heavy atom. The highest BCUT2D eigenvalue weighted by Crippen LogP contribution is 2.36. The first-order chi connectivity index (χ1) is 15.9. The van der Waals surface area contributed by atoms with Crippen molar-refractivity contribution in [1.82, 2.24) is 4.90 Å². The second-order valence-corrected chi connectivity index (χ2v) is 8.44. The molecule has 0 spiro atoms. The first-order valence-electron chi connectivity index (χ1n) is 11.3. The van der Waals surface area contributed by atoms with Crippen molar-refractivity contribution in [2.75, 3.05) is 56.2 Å². The predicted molar refractivity (Wildman–Crippen MR) is 126 cm³/mol. The molecule has 2 heterocycles. The fourth-order valence-electron chi connectivity index (χ4n) is 4.14. The summed E-state index contributed by atoms with van der Waals surface area (Å²) >= 11 is 0. The number of nitrogens with one attached hydrogen (secondary N) is 1. The average Bonchev–Trinajstić information content (AvgIpc) is 2.80. The van der Waals surface area contributed by atoms with Gasteiger partial charge in [-0.2, -0.15) is 0 Å². The molecule has 0 radical (unpaired) electrons. The van der Waals surface area contributed by atoms with Crippen LogP contribution in [0.3, 0.4) is 0 Å². The molecule has 0 saturated carbocycles. The molecule has 2 aliphatic heterocycles. The highest BCUT2D eigenvalue weighted by Gasteiger charge is 2.32. The second kappa shape index (κ2) is 10.2. The molecular weight excluding hydrogens is 422 g/mol. The van der Waals surface area contributed by atoms with Crippen LogP contribution >= 0.6 is 0 Å². The van der Waals surface area contributed by atoms with Gasteiger partial charge in [0.15, 0.2) is 12.7 Å². The molecule has 2 aromatic rings. The van der Waals surface area contributed by atoms with Crippen molar-refractivity contribution >= 4 is 23.2 Å². The van der Waals surface area contributed by atoms with Crippen LogP contribution in [0.1, 0.15) is 18.1 Å². The number of hydrogen-bond donors (Lipinski definition) is 1. The monoisotopic (exact) mass is 453 g/mol. The summed E-state index contributed by atoms with van der Waals surface area (Å²) in [4.78, 5) is 29.4. The number of fused-ring (bicyclic) bond motifs is 1. The fourth-order valence-corrected chi connectivity index (χ4v) is 4.14. The first kappa shape index (κ1) is 23.1. The highest BCUT2D eigenvalue weighted by atomic mass is 16.5. The molecule has 2 aliphatic rings. The van der Waals surface area contributed by atoms with E-state index in [4.69, 9.17) is 14.2 Å². The third-order valence-electron chi connectivity index (χ3n) is 5.95. The third kappa shape index (κ3) is 5.46. The van der Waals surface area contributed by atoms with Gasteiger partial charge in [0.25, 0.3) is 11.8 Å². The summed E-state index contributed by atoms with van der Waals surface area (Å²) in [6.45, 7) is 10.0. The van der Waals surface area contributed by atoms with Crippen molar-refractivity contribution in [2.24, 2.45) is 0 Å². The van der Waals surface area contributed by atoms with Crippen LogP contribution in [0, 0.1) is 13.8 Å². The summed E-state index contributed by atoms with van der Waals surface area (Å²) < 4.78 is 17.0. The molecule has 1 saturated heterocycles. The minimum atomic E-state index is -0.548. The lowest BCUT2D eigenvalue weighted by molar-refractivity contribution is -0.125. The highest BCUT2D eigenvalue weighted by molar-refractivity contribution is 6.01. The van der Waals surface area contributed by atoms with Crippen LogP contribution in [0.5, 0.6) is 11.5 Å². The van der Waals surface area contributed by atoms with Crippen molar-refractivity contribution in [2.45, 2.75) is 26.9 Å². The van der Waals surface area contributed by atoms with Crippen LogP contribution in [-0.4, -0.2) is 68.8 Å². The van der Waals surface area contributed by atoms with E-state index < -0.39 is 6.10 Å². The van der Waals surface area contributed by atoms with E-state index in [-0.39, 0.29) is 18.4 Å². The van der Waals surface area contributed by atoms with E-state index in [0.29, 0.717) is 36.9 Å². The number of rotatable bonds is 7. The van der Waals surface area contributed by atoms with Crippen LogP contribution in [0.15, 0.2) is 36.4 Å². The van der Waals surface area contributed by atoms with Gasteiger partial charge in [-0.05, 0) is 50.1 Å². The molecule has 1 unspecified atom stereocenters. The number of carbonyl (C=O) groups excluding carboxylic acids is 2. The lowest BCUT2D eigenvalue weighted by Crippen LogP contribution is -2.48. The van der Waals surface area contributed by atoms with Crippen molar-refractivity contribution in [3.05, 3.63) is 47.5 Å². The molecule has 1 atom stereocenters. The van der Waals surface area contributed by atoms with Gasteiger partial charge in [0, 0.05) is 31.9 Å². The number of hydrogen-bond acceptors (Lipinski definition) is 6. The molecule has 33 heavy (non-hydrogen) atoms. The van der Waals surface area contributed by atoms with E-state index in [1.54, 1.807) is 30.0 Å². The summed E-state index contributed by atoms with van der Waals surface area (Å²) in [5.41, 5.74) is 3.22. The Bertz CT molecular complexity index is 999. The molecule has 1 N–H and O–H groups in total. The van der Waals surface area contributed by atoms with E-state index in [2.05, 4.69) is 10.2 Å². The number of benzene rings is 2. The maximum Gasteiger partial charge on any atom is 0.267 e. The quantitative estimate of drug-likeness (QED) is 0.695. The third-order valence-corrected chi connectivity index (χ3v) is 5.95. The predicted octanol–water partition coefficient (Wildman–Crippen LogP) is 2.77. The smallest absolute Gasteiger partial charge is 0.267 e. The van der Waals surface area contributed by atoms with Crippen LogP contribution in [-0.2, 0) is 14.3 Å². The largest absolute Gasteiger partial charge is 0.483 e. The lowest BCUT2D eigenvalue weighted by Gasteiger charge is -2.35. The molecule has 2 aromatic carbocycles. The second-order valence-electron chi connectivity index (χ2n) is 8.44. The SMILES string of the molecule is Cc1cccc(C)c1OCC(=O)Nc1ccc2c(c1)N(CCN1CCOCC1)C(=O)C(C)O2. The Kier molecular flexibility index (Phi) is 7.15. The number of morpholine rings is 1. The maximum absolute atomic E-state index is 12.9. The zero-order valence-corrected chi connectivity index (χ0v) is 19.4. The molecule has 176 valence electrons. The van der Waals surface area contributed by atoms with Gasteiger partial charge in [-0.15, -0.1) is 0 Å². The molecule has 4 rings (SSSR count). The van der Waals surface area contributed by atoms with Gasteiger partial charge in [0.1, 0.15) is 11.5 Å². The van der Waals surface area contributed by atoms with E-state index in [9.17, 15) is 9.59 Å². The minimum Gasteiger partial charge on any atom is -0.483 e. The topological polar surface area (TPSA) is 80.3 Å². The number of amides is 2. The summed E-state index contributed by atoms with van der Waals surface area (Å²) in [6, 6.07) is 11.2. The van der Waals surface area contributed by atoms with Crippen molar-refractivity contribution in [1.29, 1.82) is 0 Å². The molecule has 1 fully saturated rings. The first-order valence-corrected chi connectivity index (χ1v) is 11.3. The van der Waals surface area contributed by atoms with Crippen molar-refractivity contribution in [3.63, 3.8) is 0 Å². The molecule has 2 amide bonds. The summed E-state index contributed by atoms with van der Waals surface area (Å²) in [6.07, 6.45) is -0.548. The van der Waals surface area contributed by atoms with Gasteiger partial charge in [-0.25, -0.2) is 0 Å². The van der Waals surface area contributed by atoms with E-state index in [1.807, 2.05) is 32.0 Å². The van der Waals surface area contributed by atoms with Crippen molar-refractivity contribution < 1.29 is 23.8 Å². The standard InChI is InChI=1S/C25H31N3O5/c1-17-5-4-6-18(2)24(17)32-16-23(29)26-20-7-8-22-21(15-20)28(25(30)19(3)33-22)10-9-27-11-13-31-14-12-27/h4-8,15,19H,9-14,16H2,1-3H3,(H,26,29). The number of aryl methyl sites for hydroxylation is 2. The van der Waals surface area contributed by atoms with Crippen LogP contribution in [0.4, 0.5) is 11.4 Å². The molecule has 0 bridgehead atoms. The van der Waals surface area contributed by atoms with Gasteiger partial charge in [0.2, 0.25) is 0 Å². The molecule has 0 aliphatic carbocycles. The average molecular weight is 454 g/mol. The Balaban J connectivity index is 1.43. The minimum absolute atomic E-state index is 0.0856. The van der Waals surface area contributed by atoms with E-state index >= 15 is 0 Å². The van der Waals surface area contributed by atoms with E-state index in [1.165, 1.54) is 0 Å². The van der Waals surface area contributed by atoms with Crippen LogP contribution in [0.25, 0.3) is 0 Å². The molecular formula is C25H31N3O5. The number of ether oxygens (including phenoxy) is 3. The Morgan fingerprint density at radius 2 is 1.85 bits per heavy atom. The Hall–Kier alpha value is -3.10. The molecule has 0 aromatic heterocycles. The van der Waals surface area contributed by atoms with E-state index in [0.717, 1.165) is 36.5 Å². The number of anilines is 2. The summed E-state index contributed by atoms with van der Waals surface area (Å²) in [5.74, 6) is 1.00. The van der Waals surface area contributed by atoms with Crippen molar-refractivity contribution in [3.8, 4) is 11.5 Å². The lowest BCUT2D eigenvalue weighted by atomic mass is 10.1. The fraction of sp³-hybridized carbons (Fsp3) is 0.440. The molecule has 8 heteroatoms. The van der Waals surface area contributed by atoms with Gasteiger partial charge >= 0.3 is 0 Å². The van der Waals surface area contributed by atoms with Gasteiger partial charge in [-0.1, -0.05) is 18.2 Å². The summed E-state index contributed by atoms with van der Waals surface area (Å²) in [5, 5.41) is 2.87. The Morgan fingerprint density at radius 3 is 2.58 bits per heavy atom. The number of carbonyl (C=O) groups is 2. The summed E-state index contributed by atoms with van der Waals surface area (Å²) in [7, 11) is 0. The van der Waals surface area contributed by atoms with Gasteiger partial charge in [0.05, 0.1) is 18.9 Å². The van der Waals surface area contributed by atoms with Gasteiger partial charge < -0.3 is 24.4 Å². The van der Waals surface area contributed by atoms with Crippen LogP contribution in [0.2, 0.25) is 0 Å². The zero-order chi connectivity index (χ0) is 23.4. The maximum atomic E-state index is 12.9. The Labute approximate surface area is 194 Å². The normalized spacial score (nSPS) is 18.5. The van der Waals surface area contributed by atoms with Crippen LogP contribution < -0.4 is 19.7 Å². The zero-order valence-electron chi connectivity index (χ0n) is 19.4. The molecule has 8 nitrogen and oxygen atoms in total. The number of para-hydroxylation sites is 1. The number of nitrogens with zero attached hydrogens (tertiary/aromatic N) is 2.